The molecule has 1 heterocycles. The molecule has 2 aromatic carbocycles. The van der Waals surface area contributed by atoms with E-state index < -0.39 is 23.2 Å². The Morgan fingerprint density at radius 1 is 1.04 bits per heavy atom. The lowest BCUT2D eigenvalue weighted by Gasteiger charge is -2.06. The minimum absolute atomic E-state index is 0.0388. The van der Waals surface area contributed by atoms with Gasteiger partial charge in [-0.2, -0.15) is 0 Å². The maximum Gasteiger partial charge on any atom is 0.300 e. The number of para-hydroxylation sites is 1. The highest BCUT2D eigenvalue weighted by molar-refractivity contribution is 6.00. The van der Waals surface area contributed by atoms with Crippen LogP contribution in [-0.4, -0.2) is 12.2 Å². The van der Waals surface area contributed by atoms with Crippen molar-refractivity contribution in [1.29, 1.82) is 0 Å². The molecule has 0 unspecified atom stereocenters. The van der Waals surface area contributed by atoms with Crippen LogP contribution in [0, 0.1) is 0 Å². The molecule has 0 aliphatic carbocycles. The van der Waals surface area contributed by atoms with Crippen molar-refractivity contribution in [2.24, 2.45) is 0 Å². The third-order valence-electron chi connectivity index (χ3n) is 3.19. The molecule has 0 saturated heterocycles. The van der Waals surface area contributed by atoms with Gasteiger partial charge in [0.2, 0.25) is 11.2 Å². The van der Waals surface area contributed by atoms with Gasteiger partial charge in [0.25, 0.3) is 0 Å². The van der Waals surface area contributed by atoms with Crippen LogP contribution in [0.5, 0.6) is 11.5 Å². The monoisotopic (exact) mass is 316 g/mol. The maximum absolute atomic E-state index is 12.5. The molecular weight excluding hydrogens is 306 g/mol. The number of rotatable bonds is 4. The van der Waals surface area contributed by atoms with Crippen molar-refractivity contribution in [2.45, 2.75) is 6.43 Å². The second kappa shape index (κ2) is 6.00. The summed E-state index contributed by atoms with van der Waals surface area (Å²) in [4.78, 5) is 23.4. The van der Waals surface area contributed by atoms with E-state index >= 15 is 0 Å². The summed E-state index contributed by atoms with van der Waals surface area (Å²) in [5.74, 6) is -0.538. The van der Waals surface area contributed by atoms with Crippen LogP contribution < -0.4 is 10.2 Å². The molecule has 0 fully saturated rings. The molecule has 3 aromatic rings. The summed E-state index contributed by atoms with van der Waals surface area (Å²) < 4.78 is 35.6. The molecule has 3 rings (SSSR count). The average molecular weight is 316 g/mol. The lowest BCUT2D eigenvalue weighted by atomic mass is 10.1. The number of hydrogen-bond donors (Lipinski definition) is 0. The summed E-state index contributed by atoms with van der Waals surface area (Å²) in [5, 5.41) is 0.0388. The van der Waals surface area contributed by atoms with E-state index in [0.29, 0.717) is 11.5 Å². The van der Waals surface area contributed by atoms with E-state index in [0.717, 1.165) is 6.26 Å². The van der Waals surface area contributed by atoms with Crippen LogP contribution in [0.15, 0.2) is 64.0 Å². The zero-order chi connectivity index (χ0) is 16.4. The van der Waals surface area contributed by atoms with Crippen LogP contribution in [-0.2, 0) is 0 Å². The molecule has 0 amide bonds. The van der Waals surface area contributed by atoms with E-state index in [1.807, 2.05) is 6.07 Å². The Bertz CT molecular complexity index is 917. The summed E-state index contributed by atoms with van der Waals surface area (Å²) in [5.41, 5.74) is -1.30. The van der Waals surface area contributed by atoms with Gasteiger partial charge in [-0.05, 0) is 24.3 Å². The number of carbonyl (C=O) groups excluding carboxylic acids is 1. The van der Waals surface area contributed by atoms with Crippen LogP contribution in [0.3, 0.4) is 0 Å². The van der Waals surface area contributed by atoms with E-state index in [-0.39, 0.29) is 11.0 Å². The molecular formula is C17H10F2O4. The number of hydrogen-bond acceptors (Lipinski definition) is 4. The first kappa shape index (κ1) is 14.9. The van der Waals surface area contributed by atoms with Gasteiger partial charge >= 0.3 is 6.43 Å². The van der Waals surface area contributed by atoms with Gasteiger partial charge in [-0.25, -0.2) is 8.78 Å². The zero-order valence-corrected chi connectivity index (χ0v) is 11.7. The van der Waals surface area contributed by atoms with E-state index in [1.54, 1.807) is 24.3 Å². The van der Waals surface area contributed by atoms with Crippen molar-refractivity contribution >= 4 is 16.8 Å². The van der Waals surface area contributed by atoms with Crippen molar-refractivity contribution < 1.29 is 22.7 Å². The van der Waals surface area contributed by atoms with Crippen molar-refractivity contribution in [3.05, 3.63) is 70.6 Å². The number of Topliss-reactive ketones (excluding diaryl/α,β-unsaturated/α-hetero) is 1. The normalized spacial score (nSPS) is 10.9. The first-order valence-electron chi connectivity index (χ1n) is 6.67. The van der Waals surface area contributed by atoms with Gasteiger partial charge in [0.1, 0.15) is 28.9 Å². The third-order valence-corrected chi connectivity index (χ3v) is 3.19. The second-order valence-electron chi connectivity index (χ2n) is 4.72. The summed E-state index contributed by atoms with van der Waals surface area (Å²) in [6.07, 6.45) is -2.50. The summed E-state index contributed by atoms with van der Waals surface area (Å²) in [6, 6.07) is 13.3. The molecule has 0 atom stereocenters. The Morgan fingerprint density at radius 2 is 1.78 bits per heavy atom. The molecule has 0 saturated carbocycles. The second-order valence-corrected chi connectivity index (χ2v) is 4.72. The highest BCUT2D eigenvalue weighted by Gasteiger charge is 2.22. The Morgan fingerprint density at radius 3 is 2.48 bits per heavy atom. The lowest BCUT2D eigenvalue weighted by molar-refractivity contribution is 0.0675. The van der Waals surface area contributed by atoms with E-state index in [4.69, 9.17) is 9.15 Å². The molecule has 116 valence electrons. The number of fused-ring (bicyclic) bond motifs is 1. The van der Waals surface area contributed by atoms with Crippen LogP contribution in [0.1, 0.15) is 10.4 Å². The van der Waals surface area contributed by atoms with E-state index in [1.165, 1.54) is 18.2 Å². The van der Waals surface area contributed by atoms with Crippen LogP contribution in [0.4, 0.5) is 8.78 Å². The molecule has 0 spiro atoms. The van der Waals surface area contributed by atoms with Gasteiger partial charge in [-0.3, -0.25) is 9.59 Å². The predicted octanol–water partition coefficient (Wildman–Crippen LogP) is 4.03. The highest BCUT2D eigenvalue weighted by atomic mass is 19.3. The Labute approximate surface area is 128 Å². The van der Waals surface area contributed by atoms with Gasteiger partial charge in [0, 0.05) is 6.07 Å². The number of ketones is 1. The van der Waals surface area contributed by atoms with E-state index in [9.17, 15) is 18.4 Å². The first-order chi connectivity index (χ1) is 11.1. The van der Waals surface area contributed by atoms with Crippen LogP contribution in [0.2, 0.25) is 0 Å². The molecule has 6 heteroatoms. The Balaban J connectivity index is 2.00. The minimum atomic E-state index is -3.25. The van der Waals surface area contributed by atoms with Gasteiger partial charge in [0.15, 0.2) is 0 Å². The quantitative estimate of drug-likeness (QED) is 0.682. The first-order valence-corrected chi connectivity index (χ1v) is 6.67. The highest BCUT2D eigenvalue weighted by Crippen LogP contribution is 2.24. The topological polar surface area (TPSA) is 56.5 Å². The maximum atomic E-state index is 12.5. The molecule has 23 heavy (non-hydrogen) atoms. The van der Waals surface area contributed by atoms with Crippen molar-refractivity contribution in [2.75, 3.05) is 0 Å². The van der Waals surface area contributed by atoms with Crippen molar-refractivity contribution in [1.82, 2.24) is 0 Å². The van der Waals surface area contributed by atoms with Crippen molar-refractivity contribution in [3.8, 4) is 11.5 Å². The fraction of sp³-hybridized carbons (Fsp3) is 0.0588. The van der Waals surface area contributed by atoms with Gasteiger partial charge in [-0.1, -0.05) is 18.2 Å². The Hall–Kier alpha value is -3.02. The predicted molar refractivity (Wildman–Crippen MR) is 79.3 cm³/mol. The van der Waals surface area contributed by atoms with Crippen molar-refractivity contribution in [3.63, 3.8) is 0 Å². The van der Waals surface area contributed by atoms with Gasteiger partial charge < -0.3 is 9.15 Å². The number of carbonyl (C=O) groups is 1. The standard InChI is InChI=1S/C17H10F2O4/c18-17(19)16(21)13-9-22-14-8-11(6-7-12(14)15(13)20)23-10-4-2-1-3-5-10/h1-9,17H. The molecule has 0 radical (unpaired) electrons. The SMILES string of the molecule is O=C(c1coc2cc(Oc3ccccc3)ccc2c1=O)C(F)F. The average Bonchev–Trinajstić information content (AvgIpc) is 2.55. The number of benzene rings is 2. The van der Waals surface area contributed by atoms with Gasteiger partial charge in [0.05, 0.1) is 5.39 Å². The largest absolute Gasteiger partial charge is 0.463 e. The molecule has 4 nitrogen and oxygen atoms in total. The summed E-state index contributed by atoms with van der Waals surface area (Å²) in [6.45, 7) is 0. The van der Waals surface area contributed by atoms with Crippen LogP contribution >= 0.6 is 0 Å². The van der Waals surface area contributed by atoms with Crippen LogP contribution in [0.25, 0.3) is 11.0 Å². The molecule has 1 aromatic heterocycles. The third kappa shape index (κ3) is 2.96. The summed E-state index contributed by atoms with van der Waals surface area (Å²) >= 11 is 0. The molecule has 0 aliphatic rings. The molecule has 0 N–H and O–H groups in total. The minimum Gasteiger partial charge on any atom is -0.463 e. The zero-order valence-electron chi connectivity index (χ0n) is 11.7. The number of ether oxygens (including phenoxy) is 1. The number of halogens is 2. The fourth-order valence-electron chi connectivity index (χ4n) is 2.08. The smallest absolute Gasteiger partial charge is 0.300 e. The molecule has 0 aliphatic heterocycles. The Kier molecular flexibility index (Phi) is 3.89. The molecule has 0 bridgehead atoms. The summed E-state index contributed by atoms with van der Waals surface area (Å²) in [7, 11) is 0. The fourth-order valence-corrected chi connectivity index (χ4v) is 2.08. The lowest BCUT2D eigenvalue weighted by Crippen LogP contribution is -2.20. The number of alkyl halides is 2. The van der Waals surface area contributed by atoms with E-state index in [2.05, 4.69) is 0 Å². The van der Waals surface area contributed by atoms with Gasteiger partial charge in [-0.15, -0.1) is 0 Å².